The van der Waals surface area contributed by atoms with Crippen LogP contribution in [-0.2, 0) is 0 Å². The molecule has 1 nitrogen and oxygen atoms in total. The van der Waals surface area contributed by atoms with Gasteiger partial charge in [0.15, 0.2) is 6.29 Å². The molecule has 0 heterocycles. The maximum atomic E-state index is 13.2. The molecule has 1 aromatic carbocycles. The van der Waals surface area contributed by atoms with Crippen molar-refractivity contribution >= 4 is 18.9 Å². The fraction of sp³-hybridized carbons (Fsp3) is 0.250. The molecule has 0 aliphatic rings. The lowest BCUT2D eigenvalue weighted by molar-refractivity contribution is 0.111. The minimum absolute atomic E-state index is 0.0432. The summed E-state index contributed by atoms with van der Waals surface area (Å²) in [6, 6.07) is 2.90. The molecule has 1 aromatic rings. The molecule has 0 saturated heterocycles. The van der Waals surface area contributed by atoms with E-state index in [4.69, 9.17) is 0 Å². The number of rotatable bonds is 2. The summed E-state index contributed by atoms with van der Waals surface area (Å²) in [4.78, 5) is 10.7. The molecule has 0 amide bonds. The van der Waals surface area contributed by atoms with Crippen LogP contribution in [-0.4, -0.2) is 12.0 Å². The van der Waals surface area contributed by atoms with Crippen LogP contribution >= 0.6 is 12.6 Å². The van der Waals surface area contributed by atoms with E-state index >= 15 is 0 Å². The number of aldehydes is 1. The van der Waals surface area contributed by atoms with E-state index in [1.54, 1.807) is 13.0 Å². The highest BCUT2D eigenvalue weighted by atomic mass is 32.1. The van der Waals surface area contributed by atoms with Crippen molar-refractivity contribution in [2.75, 3.05) is 5.75 Å². The van der Waals surface area contributed by atoms with E-state index in [1.165, 1.54) is 6.07 Å². The molecular weight excluding hydrogens is 211 g/mol. The van der Waals surface area contributed by atoms with Crippen LogP contribution in [0.5, 0.6) is 0 Å². The quantitative estimate of drug-likeness (QED) is 0.462. The monoisotopic (exact) mass is 222 g/mol. The third-order valence-corrected chi connectivity index (χ3v) is 2.19. The summed E-state index contributed by atoms with van der Waals surface area (Å²) in [5.41, 5.74) is 1.33. The van der Waals surface area contributed by atoms with Crippen LogP contribution in [0.3, 0.4) is 0 Å². The Balaban J connectivity index is 3.21. The molecular formula is C12H11FOS. The number of hydrogen-bond donors (Lipinski definition) is 1. The van der Waals surface area contributed by atoms with E-state index in [1.807, 2.05) is 0 Å². The molecule has 15 heavy (non-hydrogen) atoms. The lowest BCUT2D eigenvalue weighted by Crippen LogP contribution is -1.96. The summed E-state index contributed by atoms with van der Waals surface area (Å²) in [6.45, 7) is 1.80. The van der Waals surface area contributed by atoms with Gasteiger partial charge >= 0.3 is 0 Å². The van der Waals surface area contributed by atoms with Crippen molar-refractivity contribution in [3.8, 4) is 11.8 Å². The van der Waals surface area contributed by atoms with Crippen molar-refractivity contribution in [2.45, 2.75) is 13.3 Å². The molecule has 0 saturated carbocycles. The van der Waals surface area contributed by atoms with E-state index in [2.05, 4.69) is 24.5 Å². The van der Waals surface area contributed by atoms with Crippen molar-refractivity contribution in [3.05, 3.63) is 34.6 Å². The topological polar surface area (TPSA) is 17.1 Å². The Kier molecular flexibility index (Phi) is 4.38. The zero-order valence-corrected chi connectivity index (χ0v) is 9.27. The Labute approximate surface area is 94.1 Å². The average molecular weight is 222 g/mol. The van der Waals surface area contributed by atoms with E-state index in [0.717, 1.165) is 5.56 Å². The molecule has 0 fully saturated rings. The fourth-order valence-corrected chi connectivity index (χ4v) is 1.30. The third-order valence-electron chi connectivity index (χ3n) is 1.97. The van der Waals surface area contributed by atoms with Crippen molar-refractivity contribution in [1.29, 1.82) is 0 Å². The van der Waals surface area contributed by atoms with Gasteiger partial charge in [-0.05, 0) is 18.6 Å². The number of aryl methyl sites for hydroxylation is 1. The van der Waals surface area contributed by atoms with Crippen molar-refractivity contribution in [2.24, 2.45) is 0 Å². The average Bonchev–Trinajstić information content (AvgIpc) is 2.23. The predicted molar refractivity (Wildman–Crippen MR) is 61.9 cm³/mol. The molecule has 3 heteroatoms. The molecule has 0 spiro atoms. The van der Waals surface area contributed by atoms with E-state index in [-0.39, 0.29) is 5.56 Å². The van der Waals surface area contributed by atoms with E-state index in [0.29, 0.717) is 24.0 Å². The molecule has 78 valence electrons. The number of carbonyl (C=O) groups excluding carboxylic acids is 1. The highest BCUT2D eigenvalue weighted by molar-refractivity contribution is 7.80. The van der Waals surface area contributed by atoms with Crippen LogP contribution in [0, 0.1) is 24.6 Å². The van der Waals surface area contributed by atoms with Crippen molar-refractivity contribution in [1.82, 2.24) is 0 Å². The van der Waals surface area contributed by atoms with Crippen LogP contribution in [0.15, 0.2) is 12.1 Å². The molecule has 0 radical (unpaired) electrons. The Morgan fingerprint density at radius 3 is 2.87 bits per heavy atom. The van der Waals surface area contributed by atoms with Gasteiger partial charge in [-0.1, -0.05) is 17.9 Å². The summed E-state index contributed by atoms with van der Waals surface area (Å²) >= 11 is 4.02. The highest BCUT2D eigenvalue weighted by Gasteiger charge is 2.08. The summed E-state index contributed by atoms with van der Waals surface area (Å²) < 4.78 is 13.2. The van der Waals surface area contributed by atoms with Crippen LogP contribution in [0.1, 0.15) is 27.9 Å². The van der Waals surface area contributed by atoms with Crippen molar-refractivity contribution < 1.29 is 9.18 Å². The van der Waals surface area contributed by atoms with Crippen LogP contribution in [0.25, 0.3) is 0 Å². The van der Waals surface area contributed by atoms with Gasteiger partial charge in [0.1, 0.15) is 5.82 Å². The molecule has 1 rings (SSSR count). The summed E-state index contributed by atoms with van der Waals surface area (Å²) in [6.07, 6.45) is 1.13. The minimum atomic E-state index is -0.522. The second-order valence-corrected chi connectivity index (χ2v) is 3.49. The SMILES string of the molecule is Cc1ccc(F)c(C=O)c1C#CCCS. The number of benzene rings is 1. The Bertz CT molecular complexity index is 429. The standard InChI is InChI=1S/C12H11FOS/c1-9-5-6-12(13)11(8-14)10(9)4-2-3-7-15/h5-6,8,15H,3,7H2,1H3. The molecule has 0 aliphatic carbocycles. The minimum Gasteiger partial charge on any atom is -0.298 e. The number of carbonyl (C=O) groups is 1. The Hall–Kier alpha value is -1.27. The first kappa shape index (κ1) is 11.8. The maximum absolute atomic E-state index is 13.2. The first-order valence-electron chi connectivity index (χ1n) is 4.54. The second kappa shape index (κ2) is 5.57. The van der Waals surface area contributed by atoms with Gasteiger partial charge in [0.05, 0.1) is 5.56 Å². The van der Waals surface area contributed by atoms with Gasteiger partial charge in [-0.25, -0.2) is 4.39 Å². The molecule has 0 N–H and O–H groups in total. The molecule has 0 bridgehead atoms. The van der Waals surface area contributed by atoms with Crippen molar-refractivity contribution in [3.63, 3.8) is 0 Å². The Morgan fingerprint density at radius 1 is 1.53 bits per heavy atom. The summed E-state index contributed by atoms with van der Waals surface area (Å²) in [7, 11) is 0. The predicted octanol–water partition coefficient (Wildman–Crippen LogP) is 2.62. The highest BCUT2D eigenvalue weighted by Crippen LogP contribution is 2.15. The normalized spacial score (nSPS) is 9.27. The van der Waals surface area contributed by atoms with Gasteiger partial charge in [0.25, 0.3) is 0 Å². The largest absolute Gasteiger partial charge is 0.298 e. The number of halogens is 1. The van der Waals surface area contributed by atoms with Gasteiger partial charge in [-0.15, -0.1) is 0 Å². The van der Waals surface area contributed by atoms with Crippen LogP contribution in [0.4, 0.5) is 4.39 Å². The first-order chi connectivity index (χ1) is 7.20. The van der Waals surface area contributed by atoms with Crippen LogP contribution in [0.2, 0.25) is 0 Å². The zero-order chi connectivity index (χ0) is 11.3. The van der Waals surface area contributed by atoms with Gasteiger partial charge < -0.3 is 0 Å². The van der Waals surface area contributed by atoms with Gasteiger partial charge in [-0.3, -0.25) is 4.79 Å². The van der Waals surface area contributed by atoms with E-state index in [9.17, 15) is 9.18 Å². The summed E-state index contributed by atoms with van der Waals surface area (Å²) in [5, 5.41) is 0. The van der Waals surface area contributed by atoms with Crippen LogP contribution < -0.4 is 0 Å². The molecule has 0 atom stereocenters. The second-order valence-electron chi connectivity index (χ2n) is 3.05. The van der Waals surface area contributed by atoms with Gasteiger partial charge in [-0.2, -0.15) is 12.6 Å². The Morgan fingerprint density at radius 2 is 2.27 bits per heavy atom. The van der Waals surface area contributed by atoms with Gasteiger partial charge in [0.2, 0.25) is 0 Å². The first-order valence-corrected chi connectivity index (χ1v) is 5.18. The smallest absolute Gasteiger partial charge is 0.154 e. The maximum Gasteiger partial charge on any atom is 0.154 e. The molecule has 0 unspecified atom stereocenters. The van der Waals surface area contributed by atoms with Gasteiger partial charge in [0, 0.05) is 17.7 Å². The lowest BCUT2D eigenvalue weighted by atomic mass is 10.0. The third kappa shape index (κ3) is 2.84. The van der Waals surface area contributed by atoms with E-state index < -0.39 is 5.82 Å². The lowest BCUT2D eigenvalue weighted by Gasteiger charge is -2.02. The number of thiol groups is 1. The molecule has 0 aliphatic heterocycles. The summed E-state index contributed by atoms with van der Waals surface area (Å²) in [5.74, 6) is 5.77. The number of hydrogen-bond acceptors (Lipinski definition) is 2. The molecule has 0 aromatic heterocycles. The zero-order valence-electron chi connectivity index (χ0n) is 8.38. The fourth-order valence-electron chi connectivity index (χ4n) is 1.19.